The van der Waals surface area contributed by atoms with E-state index in [9.17, 15) is 0 Å². The molecule has 3 saturated heterocycles. The van der Waals surface area contributed by atoms with Gasteiger partial charge in [-0.1, -0.05) is 221 Å². The zero-order valence-electron chi connectivity index (χ0n) is 81.7. The second kappa shape index (κ2) is 68.9. The van der Waals surface area contributed by atoms with Crippen LogP contribution < -0.4 is 5.32 Å². The number of piperazine rings is 1. The zero-order chi connectivity index (χ0) is 92.8. The molecule has 0 atom stereocenters. The lowest BCUT2D eigenvalue weighted by Crippen LogP contribution is -2.42. The first-order valence-electron chi connectivity index (χ1n) is 44.8. The standard InChI is InChI=1S/C11H19N3S.C11H18N2OS.C11H18N2S.C8H14N2.C8H13NS.C7H12N2S.2C7H11NO.C7H10S.C6H10N2S.2C6H9NS.5CH4/c1-9(2)11-13-10(8-15-11)7-14-5-3-12-4-6-14;1-9(2)11-12-10(8-15-11)7-13-3-5-14-6-4-13;1-9(2)11-12-10(8-14-11)7-13-5-3-4-6-13;1-6(2)8-5-7(3)9-10(8)4;1-5(2)8-9-6(3)7(4)10-8;1-4-6-8-9-7(10-6)5(2)3;1-5(2)7-6(3)8-4-9-7;1-5(2)7-4-6(3)8-9-7;1-6(2)7-4-3-5-8-7;1-4(2)6-8-7-5(3)9-6;1-5(2)6-7-3-4-8-6;1-5(2)6-3-4-7-8-6;;;;;/h8-9,12H,3-7H2,1-2H3;8-9H,3-7H2,1-2H3;8-9H,3-7H2,1-2H3;5-6H,1-4H3;5H,1-4H3;5H,4H2,1-3H3;2*4-5H,1-3H3;3-6H,1-2H3;4H,1-3H3;2*3-5H,1-2H3;5*1H4. The summed E-state index contributed by atoms with van der Waals surface area (Å²) in [5.41, 5.74) is 9.28. The first-order valence-corrected chi connectivity index (χ1v) is 52.4. The number of thiazole rings is 5. The van der Waals surface area contributed by atoms with Crippen LogP contribution >= 0.6 is 102 Å². The third-order valence-corrected chi connectivity index (χ3v) is 29.7. The van der Waals surface area contributed by atoms with Gasteiger partial charge >= 0.3 is 0 Å². The molecule has 0 bridgehead atoms. The Bertz CT molecular complexity index is 4410. The smallest absolute Gasteiger partial charge is 0.181 e. The Kier molecular flexibility index (Phi) is 66.8. The van der Waals surface area contributed by atoms with Crippen LogP contribution in [0.2, 0.25) is 0 Å². The normalized spacial score (nSPS) is 12.9. The van der Waals surface area contributed by atoms with E-state index < -0.39 is 0 Å². The largest absolute Gasteiger partial charge is 0.448 e. The number of morpholine rings is 1. The van der Waals surface area contributed by atoms with Crippen molar-refractivity contribution in [2.45, 2.75) is 362 Å². The van der Waals surface area contributed by atoms with Gasteiger partial charge in [0.25, 0.3) is 0 Å². The average Bonchev–Trinajstić information content (AvgIpc) is 1.74. The molecule has 0 aliphatic carbocycles. The quantitative estimate of drug-likeness (QED) is 0.0793. The number of ether oxygens (including phenoxy) is 1. The Hall–Kier alpha value is -5.97. The van der Waals surface area contributed by atoms with E-state index in [1.807, 2.05) is 85.9 Å². The van der Waals surface area contributed by atoms with Crippen molar-refractivity contribution in [1.29, 1.82) is 0 Å². The number of nitrogens with one attached hydrogen (secondary N) is 1. The third-order valence-electron chi connectivity index (χ3n) is 18.9. The van der Waals surface area contributed by atoms with Gasteiger partial charge in [0.1, 0.15) is 31.6 Å². The van der Waals surface area contributed by atoms with E-state index in [1.54, 1.807) is 79.6 Å². The molecule has 0 spiro atoms. The van der Waals surface area contributed by atoms with Crippen LogP contribution in [-0.2, 0) is 37.8 Å². The van der Waals surface area contributed by atoms with Crippen LogP contribution in [0, 0.1) is 41.5 Å². The summed E-state index contributed by atoms with van der Waals surface area (Å²) in [6, 6.07) is 10.4. The van der Waals surface area contributed by atoms with E-state index in [1.165, 1.54) is 100 Å². The van der Waals surface area contributed by atoms with E-state index in [4.69, 9.17) is 13.7 Å². The Morgan fingerprint density at radius 2 is 0.923 bits per heavy atom. The van der Waals surface area contributed by atoms with Gasteiger partial charge in [0.05, 0.1) is 78.1 Å². The summed E-state index contributed by atoms with van der Waals surface area (Å²) in [5, 5.41) is 48.8. The molecule has 3 aliphatic rings. The Labute approximate surface area is 825 Å². The maximum atomic E-state index is 5.32. The molecule has 3 fully saturated rings. The highest BCUT2D eigenvalue weighted by Gasteiger charge is 2.18. The molecule has 30 heteroatoms. The van der Waals surface area contributed by atoms with Crippen molar-refractivity contribution >= 4 is 102 Å². The van der Waals surface area contributed by atoms with Crippen LogP contribution in [0.25, 0.3) is 0 Å². The van der Waals surface area contributed by atoms with Crippen molar-refractivity contribution in [3.63, 3.8) is 0 Å². The second-order valence-corrected chi connectivity index (χ2v) is 43.8. The number of hydrogen-bond acceptors (Lipinski definition) is 29. The summed E-state index contributed by atoms with van der Waals surface area (Å²) < 4.78 is 21.3. The van der Waals surface area contributed by atoms with Crippen LogP contribution in [0.1, 0.15) is 411 Å². The summed E-state index contributed by atoms with van der Waals surface area (Å²) in [6.07, 6.45) is 8.91. The number of oxazole rings is 1. The minimum Gasteiger partial charge on any atom is -0.448 e. The van der Waals surface area contributed by atoms with Crippen LogP contribution in [0.5, 0.6) is 0 Å². The number of likely N-dealkylation sites (tertiary alicyclic amines) is 1. The molecule has 12 aromatic heterocycles. The summed E-state index contributed by atoms with van der Waals surface area (Å²) >= 11 is 15.7. The molecule has 0 aromatic carbocycles. The number of nitrogens with zero attached hydrogens (tertiary/aromatic N) is 17. The van der Waals surface area contributed by atoms with Gasteiger partial charge < -0.3 is 19.0 Å². The van der Waals surface area contributed by atoms with E-state index in [-0.39, 0.29) is 37.1 Å². The lowest BCUT2D eigenvalue weighted by Gasteiger charge is -2.26. The molecule has 15 heterocycles. The van der Waals surface area contributed by atoms with Crippen LogP contribution in [-0.4, -0.2) is 150 Å². The van der Waals surface area contributed by atoms with Gasteiger partial charge in [-0.2, -0.15) is 5.10 Å². The number of hydrogen-bond donors (Lipinski definition) is 1. The fraction of sp³-hybridized carbons (Fsp3) is 0.650. The molecule has 0 saturated carbocycles. The molecule has 0 radical (unpaired) electrons. The van der Waals surface area contributed by atoms with E-state index in [0.29, 0.717) is 71.0 Å². The van der Waals surface area contributed by atoms with Gasteiger partial charge in [0, 0.05) is 180 Å². The maximum Gasteiger partial charge on any atom is 0.181 e. The monoisotopic (exact) mass is 1960 g/mol. The SMILES string of the molecule is C.C.C.C.C.CC(C)c1cccs1.CC(C)c1ccns1.CC(C)c1nc(CN2CCCC2)cs1.CC(C)c1nc(CN2CCNCC2)cs1.CC(C)c1nc(CN2CCOCC2)cs1.CC(C)c1nccs1.CCc1nnc(C(C)C)s1.Cc1cc(C(C)C)n(C)n1.Cc1cc(C(C)C)on1.Cc1nc(C(C)C)sc1C.Cc1ncoc1C(C)C.Cc1nnc(C(C)C)s1. The van der Waals surface area contributed by atoms with Gasteiger partial charge in [0.2, 0.25) is 0 Å². The summed E-state index contributed by atoms with van der Waals surface area (Å²) in [4.78, 5) is 38.0. The summed E-state index contributed by atoms with van der Waals surface area (Å²) in [5.74, 6) is 8.69. The van der Waals surface area contributed by atoms with Crippen LogP contribution in [0.15, 0.2) is 85.0 Å². The molecular weight excluding hydrogens is 1790 g/mol. The highest BCUT2D eigenvalue weighted by atomic mass is 32.1. The van der Waals surface area contributed by atoms with Gasteiger partial charge in [-0.05, 0) is 127 Å². The Balaban J connectivity index is 0. The number of thiophene rings is 1. The van der Waals surface area contributed by atoms with Gasteiger partial charge in [-0.25, -0.2) is 34.3 Å². The molecule has 1 N–H and O–H groups in total. The first-order chi connectivity index (χ1) is 59.2. The zero-order valence-corrected chi connectivity index (χ0v) is 89.1. The average molecular weight is 1970 g/mol. The van der Waals surface area contributed by atoms with E-state index in [0.717, 1.165) is 127 Å². The molecule has 12 aromatic rings. The molecule has 15 rings (SSSR count). The van der Waals surface area contributed by atoms with Crippen molar-refractivity contribution < 1.29 is 13.7 Å². The second-order valence-electron chi connectivity index (χ2n) is 34.8. The topological polar surface area (TPSA) is 230 Å². The van der Waals surface area contributed by atoms with Crippen molar-refractivity contribution in [1.82, 2.24) is 89.6 Å². The number of rotatable bonds is 19. The van der Waals surface area contributed by atoms with Gasteiger partial charge in [-0.3, -0.25) is 19.4 Å². The molecular formula is C100H174N18O3S9. The lowest BCUT2D eigenvalue weighted by molar-refractivity contribution is 0.0337. The van der Waals surface area contributed by atoms with Crippen LogP contribution in [0.4, 0.5) is 0 Å². The predicted octanol–water partition coefficient (Wildman–Crippen LogP) is 30.4. The highest BCUT2D eigenvalue weighted by molar-refractivity contribution is 7.12. The fourth-order valence-corrected chi connectivity index (χ4v) is 18.4. The molecule has 0 unspecified atom stereocenters. The Morgan fingerprint density at radius 1 is 0.431 bits per heavy atom. The van der Waals surface area contributed by atoms with Crippen molar-refractivity contribution in [3.05, 3.63) is 193 Å². The van der Waals surface area contributed by atoms with Gasteiger partial charge in [0.15, 0.2) is 6.39 Å². The molecule has 736 valence electrons. The Morgan fingerprint density at radius 3 is 1.19 bits per heavy atom. The van der Waals surface area contributed by atoms with Crippen molar-refractivity contribution in [3.8, 4) is 0 Å². The first kappa shape index (κ1) is 126. The molecule has 21 nitrogen and oxygen atoms in total. The van der Waals surface area contributed by atoms with E-state index >= 15 is 0 Å². The summed E-state index contributed by atoms with van der Waals surface area (Å²) in [7, 11) is 1.99. The fourth-order valence-electron chi connectivity index (χ4n) is 11.5. The highest BCUT2D eigenvalue weighted by Crippen LogP contribution is 2.28. The van der Waals surface area contributed by atoms with Crippen molar-refractivity contribution in [2.24, 2.45) is 7.05 Å². The number of aromatic nitrogens is 14. The molecule has 3 aliphatic heterocycles. The molecule has 0 amide bonds. The predicted molar refractivity (Wildman–Crippen MR) is 572 cm³/mol. The lowest BCUT2D eigenvalue weighted by atomic mass is 10.1. The van der Waals surface area contributed by atoms with E-state index in [2.05, 4.69) is 318 Å². The van der Waals surface area contributed by atoms with Crippen LogP contribution in [0.3, 0.4) is 0 Å². The number of aryl methyl sites for hydroxylation is 8. The third kappa shape index (κ3) is 50.6. The van der Waals surface area contributed by atoms with Gasteiger partial charge in [-0.15, -0.1) is 111 Å². The molecule has 130 heavy (non-hydrogen) atoms. The minimum atomic E-state index is 0. The summed E-state index contributed by atoms with van der Waals surface area (Å²) in [6.45, 7) is 79.9. The maximum absolute atomic E-state index is 5.32. The minimum absolute atomic E-state index is 0. The van der Waals surface area contributed by atoms with Crippen molar-refractivity contribution in [2.75, 3.05) is 65.6 Å².